The van der Waals surface area contributed by atoms with Crippen molar-refractivity contribution < 1.29 is 4.74 Å². The average molecular weight is 381 g/mol. The fourth-order valence-corrected chi connectivity index (χ4v) is 2.47. The molecule has 120 valence electrons. The summed E-state index contributed by atoms with van der Waals surface area (Å²) in [6.45, 7) is 4.24. The summed E-state index contributed by atoms with van der Waals surface area (Å²) in [5, 5.41) is 0. The van der Waals surface area contributed by atoms with Crippen molar-refractivity contribution in [2.24, 2.45) is 0 Å². The van der Waals surface area contributed by atoms with Gasteiger partial charge in [0.2, 0.25) is 0 Å². The van der Waals surface area contributed by atoms with Gasteiger partial charge in [-0.2, -0.15) is 0 Å². The first-order valence-electron chi connectivity index (χ1n) is 7.54. The molecule has 3 aromatic rings. The van der Waals surface area contributed by atoms with E-state index in [0.29, 0.717) is 6.61 Å². The number of imidazole rings is 1. The third kappa shape index (κ3) is 4.03. The molecular weight excluding hydrogens is 364 g/mol. The third-order valence-electron chi connectivity index (χ3n) is 3.43. The number of para-hydroxylation sites is 1. The minimum atomic E-state index is 0.416. The van der Waals surface area contributed by atoms with Crippen LogP contribution in [0.3, 0.4) is 0 Å². The second kappa shape index (κ2) is 7.79. The predicted molar refractivity (Wildman–Crippen MR) is 102 cm³/mol. The molecule has 0 bridgehead atoms. The predicted octanol–water partition coefficient (Wildman–Crippen LogP) is 5.22. The van der Waals surface area contributed by atoms with E-state index in [1.54, 1.807) is 12.5 Å². The Morgan fingerprint density at radius 3 is 2.58 bits per heavy atom. The Hall–Kier alpha value is -2.59. The summed E-state index contributed by atoms with van der Waals surface area (Å²) in [5.74, 6) is 0.800. The van der Waals surface area contributed by atoms with Gasteiger partial charge in [-0.1, -0.05) is 65.0 Å². The van der Waals surface area contributed by atoms with Crippen LogP contribution in [0.4, 0.5) is 0 Å². The second-order valence-electron chi connectivity index (χ2n) is 5.21. The molecule has 0 N–H and O–H groups in total. The van der Waals surface area contributed by atoms with Crippen LogP contribution in [-0.2, 0) is 0 Å². The first-order chi connectivity index (χ1) is 11.7. The number of benzene rings is 2. The lowest BCUT2D eigenvalue weighted by atomic mass is 10.1. The highest BCUT2D eigenvalue weighted by atomic mass is 79.9. The second-order valence-corrected chi connectivity index (χ2v) is 6.33. The van der Waals surface area contributed by atoms with Gasteiger partial charge in [0, 0.05) is 22.4 Å². The van der Waals surface area contributed by atoms with Crippen LogP contribution in [0, 0.1) is 0 Å². The van der Waals surface area contributed by atoms with Crippen molar-refractivity contribution in [1.82, 2.24) is 9.55 Å². The SMILES string of the molecule is C=C(Br)COc1ccccc1C(=Cc1ccccc1)n1ccnc1. The third-order valence-corrected chi connectivity index (χ3v) is 3.66. The Balaban J connectivity index is 2.07. The van der Waals surface area contributed by atoms with Gasteiger partial charge in [-0.15, -0.1) is 0 Å². The Bertz CT molecular complexity index is 839. The van der Waals surface area contributed by atoms with Crippen molar-refractivity contribution in [2.75, 3.05) is 6.61 Å². The number of rotatable bonds is 6. The maximum absolute atomic E-state index is 5.89. The van der Waals surface area contributed by atoms with E-state index in [4.69, 9.17) is 4.74 Å². The molecule has 0 atom stereocenters. The number of ether oxygens (including phenoxy) is 1. The van der Waals surface area contributed by atoms with Crippen molar-refractivity contribution in [3.05, 3.63) is 95.5 Å². The smallest absolute Gasteiger partial charge is 0.129 e. The molecule has 0 saturated carbocycles. The topological polar surface area (TPSA) is 27.1 Å². The molecule has 0 fully saturated rings. The van der Waals surface area contributed by atoms with Gasteiger partial charge < -0.3 is 9.30 Å². The monoisotopic (exact) mass is 380 g/mol. The molecule has 0 aliphatic rings. The molecule has 3 nitrogen and oxygen atoms in total. The largest absolute Gasteiger partial charge is 0.488 e. The van der Waals surface area contributed by atoms with Crippen LogP contribution in [-0.4, -0.2) is 16.2 Å². The van der Waals surface area contributed by atoms with Crippen molar-refractivity contribution in [3.63, 3.8) is 0 Å². The lowest BCUT2D eigenvalue weighted by Crippen LogP contribution is -2.02. The highest BCUT2D eigenvalue weighted by Crippen LogP contribution is 2.29. The number of aromatic nitrogens is 2. The van der Waals surface area contributed by atoms with Crippen LogP contribution < -0.4 is 4.74 Å². The molecule has 1 heterocycles. The van der Waals surface area contributed by atoms with E-state index in [1.807, 2.05) is 53.2 Å². The Kier molecular flexibility index (Phi) is 5.29. The van der Waals surface area contributed by atoms with E-state index in [9.17, 15) is 0 Å². The summed E-state index contributed by atoms with van der Waals surface area (Å²) < 4.78 is 8.68. The van der Waals surface area contributed by atoms with Gasteiger partial charge in [0.25, 0.3) is 0 Å². The van der Waals surface area contributed by atoms with E-state index in [2.05, 4.69) is 45.7 Å². The fourth-order valence-electron chi connectivity index (χ4n) is 2.36. The zero-order valence-electron chi connectivity index (χ0n) is 13.1. The van der Waals surface area contributed by atoms with Crippen LogP contribution in [0.1, 0.15) is 11.1 Å². The number of nitrogens with zero attached hydrogens (tertiary/aromatic N) is 2. The summed E-state index contributed by atoms with van der Waals surface area (Å²) in [5.41, 5.74) is 3.10. The molecule has 0 saturated heterocycles. The summed E-state index contributed by atoms with van der Waals surface area (Å²) in [4.78, 5) is 4.17. The van der Waals surface area contributed by atoms with Gasteiger partial charge in [-0.3, -0.25) is 0 Å². The van der Waals surface area contributed by atoms with Gasteiger partial charge in [-0.05, 0) is 23.8 Å². The zero-order chi connectivity index (χ0) is 16.8. The highest BCUT2D eigenvalue weighted by Gasteiger charge is 2.11. The lowest BCUT2D eigenvalue weighted by Gasteiger charge is -2.15. The van der Waals surface area contributed by atoms with E-state index in [1.165, 1.54) is 0 Å². The molecule has 1 aromatic heterocycles. The quantitative estimate of drug-likeness (QED) is 0.548. The van der Waals surface area contributed by atoms with Gasteiger partial charge in [-0.25, -0.2) is 4.98 Å². The number of halogens is 1. The van der Waals surface area contributed by atoms with Crippen molar-refractivity contribution in [2.45, 2.75) is 0 Å². The van der Waals surface area contributed by atoms with E-state index >= 15 is 0 Å². The summed E-state index contributed by atoms with van der Waals surface area (Å²) in [6.07, 6.45) is 7.60. The van der Waals surface area contributed by atoms with Crippen LogP contribution >= 0.6 is 15.9 Å². The molecule has 0 radical (unpaired) electrons. The summed E-state index contributed by atoms with van der Waals surface area (Å²) in [7, 11) is 0. The minimum absolute atomic E-state index is 0.416. The molecule has 0 aliphatic heterocycles. The van der Waals surface area contributed by atoms with Crippen LogP contribution in [0.5, 0.6) is 5.75 Å². The highest BCUT2D eigenvalue weighted by molar-refractivity contribution is 9.11. The van der Waals surface area contributed by atoms with Crippen molar-refractivity contribution in [1.29, 1.82) is 0 Å². The van der Waals surface area contributed by atoms with E-state index in [-0.39, 0.29) is 0 Å². The van der Waals surface area contributed by atoms with Gasteiger partial charge in [0.05, 0.1) is 12.0 Å². The molecule has 0 aliphatic carbocycles. The molecule has 3 rings (SSSR count). The van der Waals surface area contributed by atoms with Gasteiger partial charge in [0.1, 0.15) is 12.4 Å². The van der Waals surface area contributed by atoms with Gasteiger partial charge in [0.15, 0.2) is 0 Å². The zero-order valence-corrected chi connectivity index (χ0v) is 14.7. The number of hydrogen-bond donors (Lipinski definition) is 0. The molecule has 4 heteroatoms. The first-order valence-corrected chi connectivity index (χ1v) is 8.34. The molecular formula is C20H17BrN2O. The van der Waals surface area contributed by atoms with Crippen LogP contribution in [0.2, 0.25) is 0 Å². The molecule has 24 heavy (non-hydrogen) atoms. The Morgan fingerprint density at radius 2 is 1.88 bits per heavy atom. The number of hydrogen-bond acceptors (Lipinski definition) is 2. The lowest BCUT2D eigenvalue weighted by molar-refractivity contribution is 0.359. The molecule has 0 spiro atoms. The minimum Gasteiger partial charge on any atom is -0.488 e. The summed E-state index contributed by atoms with van der Waals surface area (Å²) in [6, 6.07) is 18.2. The van der Waals surface area contributed by atoms with Crippen molar-refractivity contribution in [3.8, 4) is 5.75 Å². The van der Waals surface area contributed by atoms with Crippen LogP contribution in [0.25, 0.3) is 11.8 Å². The molecule has 0 unspecified atom stereocenters. The fraction of sp³-hybridized carbons (Fsp3) is 0.0500. The standard InChI is InChI=1S/C20H17BrN2O/c1-16(21)14-24-20-10-6-5-9-18(20)19(23-12-11-22-15-23)13-17-7-3-2-4-8-17/h2-13,15H,1,14H2. The maximum atomic E-state index is 5.89. The van der Waals surface area contributed by atoms with Crippen LogP contribution in [0.15, 0.2) is 84.4 Å². The Morgan fingerprint density at radius 1 is 1.12 bits per heavy atom. The summed E-state index contributed by atoms with van der Waals surface area (Å²) >= 11 is 3.34. The maximum Gasteiger partial charge on any atom is 0.129 e. The first kappa shape index (κ1) is 16.3. The van der Waals surface area contributed by atoms with Crippen molar-refractivity contribution >= 4 is 27.7 Å². The average Bonchev–Trinajstić information content (AvgIpc) is 3.13. The van der Waals surface area contributed by atoms with E-state index in [0.717, 1.165) is 27.1 Å². The van der Waals surface area contributed by atoms with Gasteiger partial charge >= 0.3 is 0 Å². The Labute approximate surface area is 150 Å². The van der Waals surface area contributed by atoms with E-state index < -0.39 is 0 Å². The molecule has 0 amide bonds. The molecule has 2 aromatic carbocycles. The normalized spacial score (nSPS) is 11.3.